The Balaban J connectivity index is 1.96. The van der Waals surface area contributed by atoms with Crippen LogP contribution < -0.4 is 11.3 Å². The normalized spacial score (nSPS) is 23.4. The zero-order chi connectivity index (χ0) is 17.6. The molecular formula is C15H16N6O4. The number of H-pyrrole nitrogens is 1. The molecule has 10 nitrogen and oxygen atoms in total. The Bertz CT molecular complexity index is 969. The zero-order valence-electron chi connectivity index (χ0n) is 13.0. The SMILES string of the molecule is Nc1nc2c(nc(-c3cccnc3)n2[C@H]2CC(O)[C@@H](CO)O2)c(=O)[nH]1. The van der Waals surface area contributed by atoms with Crippen LogP contribution in [0.4, 0.5) is 5.95 Å². The second-order valence-electron chi connectivity index (χ2n) is 5.79. The highest BCUT2D eigenvalue weighted by atomic mass is 16.5. The third-order valence-corrected chi connectivity index (χ3v) is 4.16. The Hall–Kier alpha value is -2.82. The minimum Gasteiger partial charge on any atom is -0.394 e. The predicted octanol–water partition coefficient (Wildman–Crippen LogP) is -0.596. The van der Waals surface area contributed by atoms with Crippen LogP contribution >= 0.6 is 0 Å². The van der Waals surface area contributed by atoms with Gasteiger partial charge >= 0.3 is 0 Å². The molecule has 130 valence electrons. The van der Waals surface area contributed by atoms with E-state index in [4.69, 9.17) is 10.5 Å². The first-order valence-electron chi connectivity index (χ1n) is 7.71. The number of nitrogens with two attached hydrogens (primary N) is 1. The van der Waals surface area contributed by atoms with Gasteiger partial charge in [0.15, 0.2) is 11.2 Å². The van der Waals surface area contributed by atoms with E-state index in [1.165, 1.54) is 0 Å². The van der Waals surface area contributed by atoms with Gasteiger partial charge in [-0.05, 0) is 12.1 Å². The first-order valence-corrected chi connectivity index (χ1v) is 7.71. The van der Waals surface area contributed by atoms with Crippen molar-refractivity contribution in [1.82, 2.24) is 24.5 Å². The Kier molecular flexibility index (Phi) is 3.71. The van der Waals surface area contributed by atoms with Crippen LogP contribution in [0.15, 0.2) is 29.3 Å². The Morgan fingerprint density at radius 2 is 2.28 bits per heavy atom. The molecule has 1 aliphatic rings. The van der Waals surface area contributed by atoms with Gasteiger partial charge in [-0.2, -0.15) is 4.98 Å². The van der Waals surface area contributed by atoms with Crippen LogP contribution in [0.3, 0.4) is 0 Å². The molecule has 1 aliphatic heterocycles. The number of nitrogens with one attached hydrogen (secondary N) is 1. The van der Waals surface area contributed by atoms with Crippen molar-refractivity contribution in [3.8, 4) is 11.4 Å². The van der Waals surface area contributed by atoms with Gasteiger partial charge in [0.2, 0.25) is 5.95 Å². The number of hydrogen-bond donors (Lipinski definition) is 4. The lowest BCUT2D eigenvalue weighted by atomic mass is 10.2. The molecule has 0 spiro atoms. The fourth-order valence-electron chi connectivity index (χ4n) is 3.01. The van der Waals surface area contributed by atoms with E-state index >= 15 is 0 Å². The van der Waals surface area contributed by atoms with E-state index < -0.39 is 24.0 Å². The molecule has 10 heteroatoms. The largest absolute Gasteiger partial charge is 0.394 e. The van der Waals surface area contributed by atoms with Crippen LogP contribution in [0.2, 0.25) is 0 Å². The first-order chi connectivity index (χ1) is 12.1. The molecule has 4 rings (SSSR count). The van der Waals surface area contributed by atoms with Gasteiger partial charge in [-0.1, -0.05) is 0 Å². The van der Waals surface area contributed by atoms with E-state index in [9.17, 15) is 15.0 Å². The molecule has 0 radical (unpaired) electrons. The van der Waals surface area contributed by atoms with Crippen LogP contribution in [0.5, 0.6) is 0 Å². The molecule has 4 heterocycles. The van der Waals surface area contributed by atoms with Gasteiger partial charge in [-0.15, -0.1) is 0 Å². The number of imidazole rings is 1. The van der Waals surface area contributed by atoms with Crippen molar-refractivity contribution in [2.45, 2.75) is 24.9 Å². The number of aliphatic hydroxyl groups excluding tert-OH is 2. The molecule has 1 unspecified atom stereocenters. The molecule has 0 aliphatic carbocycles. The molecule has 0 aromatic carbocycles. The molecule has 25 heavy (non-hydrogen) atoms. The number of pyridine rings is 1. The number of aromatic amines is 1. The number of anilines is 1. The van der Waals surface area contributed by atoms with Crippen LogP contribution in [0.1, 0.15) is 12.6 Å². The lowest BCUT2D eigenvalue weighted by Crippen LogP contribution is -2.24. The van der Waals surface area contributed by atoms with Gasteiger partial charge in [-0.25, -0.2) is 4.98 Å². The Morgan fingerprint density at radius 3 is 2.96 bits per heavy atom. The lowest BCUT2D eigenvalue weighted by molar-refractivity contribution is -0.0426. The minimum atomic E-state index is -0.839. The summed E-state index contributed by atoms with van der Waals surface area (Å²) in [5, 5.41) is 19.4. The molecule has 3 atom stereocenters. The molecule has 3 aromatic rings. The monoisotopic (exact) mass is 344 g/mol. The third-order valence-electron chi connectivity index (χ3n) is 4.16. The van der Waals surface area contributed by atoms with Gasteiger partial charge in [0.05, 0.1) is 12.7 Å². The summed E-state index contributed by atoms with van der Waals surface area (Å²) in [6.07, 6.45) is 1.23. The molecule has 0 bridgehead atoms. The summed E-state index contributed by atoms with van der Waals surface area (Å²) in [6.45, 7) is -0.317. The van der Waals surface area contributed by atoms with Gasteiger partial charge in [-0.3, -0.25) is 19.3 Å². The smallest absolute Gasteiger partial charge is 0.280 e. The number of hydrogen-bond acceptors (Lipinski definition) is 8. The van der Waals surface area contributed by atoms with Crippen molar-refractivity contribution >= 4 is 17.1 Å². The lowest BCUT2D eigenvalue weighted by Gasteiger charge is -2.16. The quantitative estimate of drug-likeness (QED) is 0.492. The van der Waals surface area contributed by atoms with Crippen LogP contribution in [-0.4, -0.2) is 53.5 Å². The third kappa shape index (κ3) is 2.56. The maximum atomic E-state index is 12.2. The van der Waals surface area contributed by atoms with Crippen LogP contribution in [0.25, 0.3) is 22.6 Å². The minimum absolute atomic E-state index is 0.0476. The van der Waals surface area contributed by atoms with Gasteiger partial charge < -0.3 is 20.7 Å². The van der Waals surface area contributed by atoms with Gasteiger partial charge in [0.1, 0.15) is 18.2 Å². The molecule has 1 fully saturated rings. The van der Waals surface area contributed by atoms with Crippen molar-refractivity contribution in [3.05, 3.63) is 34.9 Å². The maximum Gasteiger partial charge on any atom is 0.280 e. The van der Waals surface area contributed by atoms with Gasteiger partial charge in [0, 0.05) is 24.4 Å². The highest BCUT2D eigenvalue weighted by Crippen LogP contribution is 2.34. The second-order valence-corrected chi connectivity index (χ2v) is 5.79. The fraction of sp³-hybridized carbons (Fsp3) is 0.333. The second kappa shape index (κ2) is 5.92. The van der Waals surface area contributed by atoms with Crippen molar-refractivity contribution in [3.63, 3.8) is 0 Å². The van der Waals surface area contributed by atoms with Crippen LogP contribution in [0, 0.1) is 0 Å². The number of ether oxygens (including phenoxy) is 1. The summed E-state index contributed by atoms with van der Waals surface area (Å²) in [5.41, 5.74) is 6.21. The molecule has 3 aromatic heterocycles. The topological polar surface area (TPSA) is 152 Å². The standard InChI is InChI=1S/C15H16N6O4/c16-15-19-13-11(14(24)20-15)18-12(7-2-1-3-17-5-7)21(13)10-4-8(23)9(6-22)25-10/h1-3,5,8-10,22-23H,4,6H2,(H3,16,19,20,24)/t8?,9-,10-/m1/s1. The number of rotatable bonds is 3. The van der Waals surface area contributed by atoms with E-state index in [1.54, 1.807) is 29.1 Å². The molecule has 0 saturated carbocycles. The summed E-state index contributed by atoms with van der Waals surface area (Å²) >= 11 is 0. The first kappa shape index (κ1) is 15.7. The Labute approximate surface area is 140 Å². The molecular weight excluding hydrogens is 328 g/mol. The highest BCUT2D eigenvalue weighted by Gasteiger charge is 2.37. The average Bonchev–Trinajstić information content (AvgIpc) is 3.16. The average molecular weight is 344 g/mol. The number of aromatic nitrogens is 5. The number of nitrogen functional groups attached to an aromatic ring is 1. The zero-order valence-corrected chi connectivity index (χ0v) is 13.0. The van der Waals surface area contributed by atoms with E-state index in [0.29, 0.717) is 11.4 Å². The van der Waals surface area contributed by atoms with E-state index in [0.717, 1.165) is 0 Å². The summed E-state index contributed by atoms with van der Waals surface area (Å²) in [5.74, 6) is 0.371. The molecule has 5 N–H and O–H groups in total. The van der Waals surface area contributed by atoms with Crippen molar-refractivity contribution < 1.29 is 14.9 Å². The predicted molar refractivity (Wildman–Crippen MR) is 87.4 cm³/mol. The molecule has 0 amide bonds. The van der Waals surface area contributed by atoms with Gasteiger partial charge in [0.25, 0.3) is 5.56 Å². The molecule has 1 saturated heterocycles. The van der Waals surface area contributed by atoms with Crippen molar-refractivity contribution in [2.24, 2.45) is 0 Å². The summed E-state index contributed by atoms with van der Waals surface area (Å²) in [7, 11) is 0. The highest BCUT2D eigenvalue weighted by molar-refractivity contribution is 5.77. The number of aliphatic hydroxyl groups is 2. The number of fused-ring (bicyclic) bond motifs is 1. The Morgan fingerprint density at radius 1 is 1.44 bits per heavy atom. The van der Waals surface area contributed by atoms with E-state index in [1.807, 2.05) is 0 Å². The van der Waals surface area contributed by atoms with Crippen LogP contribution in [-0.2, 0) is 4.74 Å². The summed E-state index contributed by atoms with van der Waals surface area (Å²) in [4.78, 5) is 27.2. The van der Waals surface area contributed by atoms with Crippen molar-refractivity contribution in [2.75, 3.05) is 12.3 Å². The fourth-order valence-corrected chi connectivity index (χ4v) is 3.01. The maximum absolute atomic E-state index is 12.2. The summed E-state index contributed by atoms with van der Waals surface area (Å²) in [6, 6.07) is 3.53. The van der Waals surface area contributed by atoms with E-state index in [-0.39, 0.29) is 30.1 Å². The van der Waals surface area contributed by atoms with E-state index in [2.05, 4.69) is 19.9 Å². The summed E-state index contributed by atoms with van der Waals surface area (Å²) < 4.78 is 7.33. The van der Waals surface area contributed by atoms with Crippen molar-refractivity contribution in [1.29, 1.82) is 0 Å². The number of nitrogens with zero attached hydrogens (tertiary/aromatic N) is 4.